The number of para-hydroxylation sites is 1. The molecule has 166 valence electrons. The number of benzene rings is 3. The van der Waals surface area contributed by atoms with Gasteiger partial charge in [-0.25, -0.2) is 14.8 Å². The van der Waals surface area contributed by atoms with Gasteiger partial charge in [-0.05, 0) is 29.8 Å². The van der Waals surface area contributed by atoms with Gasteiger partial charge in [0.1, 0.15) is 5.58 Å². The predicted molar refractivity (Wildman–Crippen MR) is 141 cm³/mol. The van der Waals surface area contributed by atoms with Crippen LogP contribution in [0.2, 0.25) is 0 Å². The molecule has 34 heavy (non-hydrogen) atoms. The normalized spacial score (nSPS) is 15.6. The molecule has 6 rings (SSSR count). The first-order valence-electron chi connectivity index (χ1n) is 10.8. The second-order valence-electron chi connectivity index (χ2n) is 8.03. The van der Waals surface area contributed by atoms with Gasteiger partial charge in [0.25, 0.3) is 0 Å². The van der Waals surface area contributed by atoms with Crippen LogP contribution in [-0.4, -0.2) is 10.7 Å². The maximum Gasteiger partial charge on any atom is 0.345 e. The van der Waals surface area contributed by atoms with Crippen molar-refractivity contribution in [3.8, 4) is 11.3 Å². The van der Waals surface area contributed by atoms with Gasteiger partial charge < -0.3 is 4.42 Å². The zero-order chi connectivity index (χ0) is 23.1. The number of nitrogens with zero attached hydrogens (tertiary/aromatic N) is 3. The van der Waals surface area contributed by atoms with Crippen LogP contribution in [0.3, 0.4) is 0 Å². The molecule has 5 nitrogen and oxygen atoms in total. The van der Waals surface area contributed by atoms with Crippen LogP contribution in [0.1, 0.15) is 23.6 Å². The van der Waals surface area contributed by atoms with Gasteiger partial charge in [-0.1, -0.05) is 76.6 Å². The van der Waals surface area contributed by atoms with Crippen molar-refractivity contribution in [1.29, 1.82) is 0 Å². The van der Waals surface area contributed by atoms with Gasteiger partial charge in [-0.15, -0.1) is 11.3 Å². The Kier molecular flexibility index (Phi) is 5.36. The molecular formula is C27H18BrN3O2S. The molecule has 0 aliphatic carbocycles. The van der Waals surface area contributed by atoms with Crippen molar-refractivity contribution >= 4 is 49.1 Å². The molecule has 1 unspecified atom stereocenters. The molecule has 0 bridgehead atoms. The Morgan fingerprint density at radius 1 is 0.971 bits per heavy atom. The molecule has 2 aromatic heterocycles. The largest absolute Gasteiger partial charge is 0.422 e. The average molecular weight is 528 g/mol. The van der Waals surface area contributed by atoms with Crippen molar-refractivity contribution in [3.63, 3.8) is 0 Å². The van der Waals surface area contributed by atoms with E-state index in [1.807, 2.05) is 77.1 Å². The first kappa shape index (κ1) is 21.0. The highest BCUT2D eigenvalue weighted by Crippen LogP contribution is 2.39. The Morgan fingerprint density at radius 2 is 1.74 bits per heavy atom. The Morgan fingerprint density at radius 3 is 2.56 bits per heavy atom. The lowest BCUT2D eigenvalue weighted by molar-refractivity contribution is 0.559. The maximum atomic E-state index is 12.8. The zero-order valence-corrected chi connectivity index (χ0v) is 20.3. The number of rotatable bonds is 4. The Balaban J connectivity index is 1.43. The molecule has 1 aliphatic rings. The molecule has 3 heterocycles. The molecule has 1 atom stereocenters. The second-order valence-corrected chi connectivity index (χ2v) is 9.78. The first-order valence-corrected chi connectivity index (χ1v) is 12.5. The molecule has 0 radical (unpaired) electrons. The van der Waals surface area contributed by atoms with E-state index in [9.17, 15) is 4.79 Å². The summed E-state index contributed by atoms with van der Waals surface area (Å²) >= 11 is 5.03. The maximum absolute atomic E-state index is 12.8. The van der Waals surface area contributed by atoms with E-state index in [0.717, 1.165) is 31.8 Å². The van der Waals surface area contributed by atoms with Gasteiger partial charge in [0.05, 0.1) is 23.0 Å². The standard InChI is InChI=1S/C27H18BrN3O2S/c28-20-12-10-17(11-13-20)23-16-34-27(29-23)31-24(18-6-2-1-3-7-18)15-22(30-31)21-14-19-8-4-5-9-25(19)33-26(21)32/h1-14,16,24H,15H2. The van der Waals surface area contributed by atoms with Gasteiger partial charge in [-0.2, -0.15) is 5.10 Å². The van der Waals surface area contributed by atoms with Crippen LogP contribution in [0, 0.1) is 0 Å². The van der Waals surface area contributed by atoms with Crippen molar-refractivity contribution < 1.29 is 4.42 Å². The van der Waals surface area contributed by atoms with Crippen LogP contribution < -0.4 is 10.6 Å². The van der Waals surface area contributed by atoms with E-state index in [1.54, 1.807) is 17.4 Å². The summed E-state index contributed by atoms with van der Waals surface area (Å²) in [6, 6.07) is 27.6. The molecule has 0 spiro atoms. The third-order valence-electron chi connectivity index (χ3n) is 5.88. The third kappa shape index (κ3) is 3.87. The van der Waals surface area contributed by atoms with Gasteiger partial charge in [-0.3, -0.25) is 0 Å². The number of hydrazone groups is 1. The minimum absolute atomic E-state index is 0.0639. The Labute approximate surface area is 208 Å². The highest BCUT2D eigenvalue weighted by Gasteiger charge is 2.33. The number of thiazole rings is 1. The van der Waals surface area contributed by atoms with E-state index in [2.05, 4.69) is 28.1 Å². The minimum Gasteiger partial charge on any atom is -0.422 e. The Bertz CT molecular complexity index is 1580. The van der Waals surface area contributed by atoms with E-state index in [1.165, 1.54) is 0 Å². The van der Waals surface area contributed by atoms with Crippen LogP contribution in [0.25, 0.3) is 22.2 Å². The summed E-state index contributed by atoms with van der Waals surface area (Å²) in [5.41, 5.74) is 4.45. The molecule has 3 aromatic carbocycles. The van der Waals surface area contributed by atoms with Crippen LogP contribution in [-0.2, 0) is 0 Å². The fourth-order valence-corrected chi connectivity index (χ4v) is 5.27. The van der Waals surface area contributed by atoms with Crippen molar-refractivity contribution in [2.75, 3.05) is 5.01 Å². The summed E-state index contributed by atoms with van der Waals surface area (Å²) in [6.07, 6.45) is 0.584. The smallest absolute Gasteiger partial charge is 0.345 e. The monoisotopic (exact) mass is 527 g/mol. The van der Waals surface area contributed by atoms with E-state index in [-0.39, 0.29) is 11.7 Å². The lowest BCUT2D eigenvalue weighted by atomic mass is 9.99. The molecule has 0 N–H and O–H groups in total. The molecular weight excluding hydrogens is 510 g/mol. The van der Waals surface area contributed by atoms with Gasteiger partial charge >= 0.3 is 5.63 Å². The average Bonchev–Trinajstić information content (AvgIpc) is 3.52. The second kappa shape index (κ2) is 8.66. The van der Waals surface area contributed by atoms with Crippen LogP contribution in [0.15, 0.2) is 109 Å². The molecule has 0 saturated carbocycles. The molecule has 0 fully saturated rings. The predicted octanol–water partition coefficient (Wildman–Crippen LogP) is 7.03. The number of fused-ring (bicyclic) bond motifs is 1. The van der Waals surface area contributed by atoms with Crippen molar-refractivity contribution in [2.24, 2.45) is 5.10 Å². The summed E-state index contributed by atoms with van der Waals surface area (Å²) < 4.78 is 6.61. The van der Waals surface area contributed by atoms with Gasteiger partial charge in [0.2, 0.25) is 5.13 Å². The molecule has 1 aliphatic heterocycles. The zero-order valence-electron chi connectivity index (χ0n) is 17.9. The molecule has 7 heteroatoms. The fourth-order valence-electron chi connectivity index (χ4n) is 4.17. The van der Waals surface area contributed by atoms with E-state index >= 15 is 0 Å². The number of halogens is 1. The fraction of sp³-hybridized carbons (Fsp3) is 0.0741. The number of anilines is 1. The number of hydrogen-bond acceptors (Lipinski definition) is 6. The minimum atomic E-state index is -0.374. The summed E-state index contributed by atoms with van der Waals surface area (Å²) in [7, 11) is 0. The SMILES string of the molecule is O=c1oc2ccccc2cc1C1=NN(c2nc(-c3ccc(Br)cc3)cs2)C(c2ccccc2)C1. The lowest BCUT2D eigenvalue weighted by Crippen LogP contribution is -2.18. The van der Waals surface area contributed by atoms with E-state index in [0.29, 0.717) is 23.3 Å². The van der Waals surface area contributed by atoms with Crippen molar-refractivity contribution in [3.05, 3.63) is 116 Å². The van der Waals surface area contributed by atoms with Gasteiger partial charge in [0, 0.05) is 27.2 Å². The molecule has 0 amide bonds. The summed E-state index contributed by atoms with van der Waals surface area (Å²) in [4.78, 5) is 17.7. The van der Waals surface area contributed by atoms with Crippen LogP contribution in [0.5, 0.6) is 0 Å². The van der Waals surface area contributed by atoms with E-state index in [4.69, 9.17) is 14.5 Å². The van der Waals surface area contributed by atoms with Gasteiger partial charge in [0.15, 0.2) is 0 Å². The lowest BCUT2D eigenvalue weighted by Gasteiger charge is -2.21. The summed E-state index contributed by atoms with van der Waals surface area (Å²) in [6.45, 7) is 0. The van der Waals surface area contributed by atoms with Crippen molar-refractivity contribution in [1.82, 2.24) is 4.98 Å². The number of aromatic nitrogens is 1. The molecule has 0 saturated heterocycles. The quantitative estimate of drug-likeness (QED) is 0.235. The van der Waals surface area contributed by atoms with Crippen LogP contribution in [0.4, 0.5) is 5.13 Å². The van der Waals surface area contributed by atoms with E-state index < -0.39 is 0 Å². The summed E-state index contributed by atoms with van der Waals surface area (Å²) in [5, 5.41) is 10.5. The van der Waals surface area contributed by atoms with Crippen LogP contribution >= 0.6 is 27.3 Å². The van der Waals surface area contributed by atoms with Crippen molar-refractivity contribution in [2.45, 2.75) is 12.5 Å². The topological polar surface area (TPSA) is 58.7 Å². The Hall–Kier alpha value is -3.55. The highest BCUT2D eigenvalue weighted by molar-refractivity contribution is 9.10. The first-order chi connectivity index (χ1) is 16.7. The summed E-state index contributed by atoms with van der Waals surface area (Å²) in [5.74, 6) is 0. The number of hydrogen-bond donors (Lipinski definition) is 0. The molecule has 5 aromatic rings. The highest BCUT2D eigenvalue weighted by atomic mass is 79.9. The third-order valence-corrected chi connectivity index (χ3v) is 7.23.